The number of piperidine rings is 1. The molecule has 0 amide bonds. The summed E-state index contributed by atoms with van der Waals surface area (Å²) in [5.41, 5.74) is 4.79. The first-order valence-corrected chi connectivity index (χ1v) is 8.87. The molecule has 124 valence electrons. The average Bonchev–Trinajstić information content (AvgIpc) is 2.97. The first-order chi connectivity index (χ1) is 11.9. The monoisotopic (exact) mass is 320 g/mol. The molecule has 0 atom stereocenters. The molecular formula is C21H24N2O. The number of likely N-dealkylation sites (tertiary alicyclic amines) is 1. The van der Waals surface area contributed by atoms with Crippen LogP contribution in [0.5, 0.6) is 0 Å². The lowest BCUT2D eigenvalue weighted by Gasteiger charge is -2.27. The maximum absolute atomic E-state index is 10.0. The second-order valence-corrected chi connectivity index (χ2v) is 6.62. The van der Waals surface area contributed by atoms with Crippen LogP contribution >= 0.6 is 0 Å². The fraction of sp³-hybridized carbons (Fsp3) is 0.333. The topological polar surface area (TPSA) is 28.4 Å². The van der Waals surface area contributed by atoms with Gasteiger partial charge in [-0.3, -0.25) is 4.90 Å². The van der Waals surface area contributed by atoms with Crippen molar-refractivity contribution < 1.29 is 5.11 Å². The zero-order chi connectivity index (χ0) is 16.4. The van der Waals surface area contributed by atoms with Gasteiger partial charge < -0.3 is 9.67 Å². The predicted octanol–water partition coefficient (Wildman–Crippen LogP) is 4.24. The molecule has 0 bridgehead atoms. The van der Waals surface area contributed by atoms with E-state index in [0.717, 1.165) is 17.8 Å². The molecule has 3 nitrogen and oxygen atoms in total. The summed E-state index contributed by atoms with van der Waals surface area (Å²) in [7, 11) is 0. The molecule has 0 unspecified atom stereocenters. The standard InChI is InChI=1S/C21H24N2O/c24-16-23-20-12-6-5-11-18(20)19(15-22-13-7-2-8-14-22)21(23)17-9-3-1-4-10-17/h1,3-6,9-12,24H,2,7-8,13-16H2. The van der Waals surface area contributed by atoms with Crippen molar-refractivity contribution in [1.82, 2.24) is 9.47 Å². The Balaban J connectivity index is 1.89. The fourth-order valence-corrected chi connectivity index (χ4v) is 3.95. The Kier molecular flexibility index (Phi) is 4.37. The van der Waals surface area contributed by atoms with E-state index in [0.29, 0.717) is 0 Å². The van der Waals surface area contributed by atoms with E-state index in [-0.39, 0.29) is 6.73 Å². The molecule has 3 aromatic rings. The van der Waals surface area contributed by atoms with Gasteiger partial charge in [0.1, 0.15) is 6.73 Å². The molecular weight excluding hydrogens is 296 g/mol. The highest BCUT2D eigenvalue weighted by molar-refractivity contribution is 5.91. The molecule has 1 aliphatic rings. The molecule has 1 fully saturated rings. The van der Waals surface area contributed by atoms with E-state index in [2.05, 4.69) is 47.4 Å². The zero-order valence-corrected chi connectivity index (χ0v) is 14.0. The van der Waals surface area contributed by atoms with Crippen molar-refractivity contribution in [3.05, 3.63) is 60.2 Å². The number of para-hydroxylation sites is 1. The smallest absolute Gasteiger partial charge is 0.120 e. The van der Waals surface area contributed by atoms with E-state index in [9.17, 15) is 5.11 Å². The third-order valence-corrected chi connectivity index (χ3v) is 5.09. The highest BCUT2D eigenvalue weighted by Crippen LogP contribution is 2.35. The van der Waals surface area contributed by atoms with Crippen molar-refractivity contribution in [3.63, 3.8) is 0 Å². The van der Waals surface area contributed by atoms with Gasteiger partial charge in [0.2, 0.25) is 0 Å². The van der Waals surface area contributed by atoms with Gasteiger partial charge in [-0.2, -0.15) is 0 Å². The predicted molar refractivity (Wildman–Crippen MR) is 98.7 cm³/mol. The van der Waals surface area contributed by atoms with Crippen LogP contribution in [0.25, 0.3) is 22.2 Å². The quantitative estimate of drug-likeness (QED) is 0.778. The number of fused-ring (bicyclic) bond motifs is 1. The Hall–Kier alpha value is -2.10. The van der Waals surface area contributed by atoms with Crippen LogP contribution in [0.3, 0.4) is 0 Å². The molecule has 1 saturated heterocycles. The highest BCUT2D eigenvalue weighted by atomic mass is 16.3. The largest absolute Gasteiger partial charge is 0.376 e. The zero-order valence-electron chi connectivity index (χ0n) is 14.0. The van der Waals surface area contributed by atoms with E-state index >= 15 is 0 Å². The Morgan fingerprint density at radius 2 is 1.54 bits per heavy atom. The van der Waals surface area contributed by atoms with Gasteiger partial charge in [0, 0.05) is 11.9 Å². The van der Waals surface area contributed by atoms with Crippen molar-refractivity contribution >= 4 is 10.9 Å². The lowest BCUT2D eigenvalue weighted by atomic mass is 10.0. The Bertz CT molecular complexity index is 816. The van der Waals surface area contributed by atoms with Crippen LogP contribution in [-0.2, 0) is 13.3 Å². The second kappa shape index (κ2) is 6.80. The lowest BCUT2D eigenvalue weighted by Crippen LogP contribution is -2.29. The van der Waals surface area contributed by atoms with Gasteiger partial charge >= 0.3 is 0 Å². The number of aliphatic hydroxyl groups excluding tert-OH is 1. The van der Waals surface area contributed by atoms with Gasteiger partial charge in [0.25, 0.3) is 0 Å². The summed E-state index contributed by atoms with van der Waals surface area (Å²) < 4.78 is 2.05. The van der Waals surface area contributed by atoms with Crippen molar-refractivity contribution in [2.45, 2.75) is 32.5 Å². The summed E-state index contributed by atoms with van der Waals surface area (Å²) in [5.74, 6) is 0. The van der Waals surface area contributed by atoms with Crippen molar-refractivity contribution in [2.24, 2.45) is 0 Å². The van der Waals surface area contributed by atoms with Crippen LogP contribution in [-0.4, -0.2) is 27.7 Å². The minimum atomic E-state index is 0.00470. The minimum absolute atomic E-state index is 0.00470. The third-order valence-electron chi connectivity index (χ3n) is 5.09. The first kappa shape index (κ1) is 15.4. The normalized spacial score (nSPS) is 15.9. The molecule has 3 heteroatoms. The van der Waals surface area contributed by atoms with Gasteiger partial charge in [0.15, 0.2) is 0 Å². The fourth-order valence-electron chi connectivity index (χ4n) is 3.95. The summed E-state index contributed by atoms with van der Waals surface area (Å²) >= 11 is 0. The molecule has 2 aromatic carbocycles. The molecule has 4 rings (SSSR count). The summed E-state index contributed by atoms with van der Waals surface area (Å²) in [4.78, 5) is 2.55. The minimum Gasteiger partial charge on any atom is -0.376 e. The molecule has 0 saturated carbocycles. The number of aromatic nitrogens is 1. The SMILES string of the molecule is OCn1c(-c2ccccc2)c(CN2CCCCC2)c2ccccc21. The average molecular weight is 320 g/mol. The van der Waals surface area contributed by atoms with Gasteiger partial charge in [-0.1, -0.05) is 55.0 Å². The summed E-state index contributed by atoms with van der Waals surface area (Å²) in [6, 6.07) is 18.9. The number of benzene rings is 2. The molecule has 0 aliphatic carbocycles. The van der Waals surface area contributed by atoms with Gasteiger partial charge in [-0.25, -0.2) is 0 Å². The second-order valence-electron chi connectivity index (χ2n) is 6.62. The van der Waals surface area contributed by atoms with E-state index in [4.69, 9.17) is 0 Å². The van der Waals surface area contributed by atoms with Gasteiger partial charge in [0.05, 0.1) is 11.2 Å². The lowest BCUT2D eigenvalue weighted by molar-refractivity contribution is 0.213. The van der Waals surface area contributed by atoms with Gasteiger partial charge in [-0.05, 0) is 43.1 Å². The van der Waals surface area contributed by atoms with Crippen LogP contribution in [0.4, 0.5) is 0 Å². The molecule has 0 radical (unpaired) electrons. The highest BCUT2D eigenvalue weighted by Gasteiger charge is 2.20. The van der Waals surface area contributed by atoms with Crippen molar-refractivity contribution in [2.75, 3.05) is 13.1 Å². The maximum Gasteiger partial charge on any atom is 0.120 e. The number of rotatable bonds is 4. The Morgan fingerprint density at radius 3 is 2.29 bits per heavy atom. The molecule has 1 aromatic heterocycles. The first-order valence-electron chi connectivity index (χ1n) is 8.87. The van der Waals surface area contributed by atoms with Crippen LogP contribution in [0.15, 0.2) is 54.6 Å². The Labute approximate surface area is 143 Å². The number of aliphatic hydroxyl groups is 1. The summed E-state index contributed by atoms with van der Waals surface area (Å²) in [6.45, 7) is 3.31. The van der Waals surface area contributed by atoms with Crippen LogP contribution in [0, 0.1) is 0 Å². The van der Waals surface area contributed by atoms with E-state index in [1.54, 1.807) is 0 Å². The van der Waals surface area contributed by atoms with E-state index in [1.807, 2.05) is 16.7 Å². The van der Waals surface area contributed by atoms with Crippen molar-refractivity contribution in [1.29, 1.82) is 0 Å². The molecule has 1 N–H and O–H groups in total. The van der Waals surface area contributed by atoms with E-state index < -0.39 is 0 Å². The van der Waals surface area contributed by atoms with Crippen LogP contribution in [0.2, 0.25) is 0 Å². The van der Waals surface area contributed by atoms with Crippen LogP contribution < -0.4 is 0 Å². The Morgan fingerprint density at radius 1 is 0.833 bits per heavy atom. The van der Waals surface area contributed by atoms with E-state index in [1.165, 1.54) is 48.9 Å². The third kappa shape index (κ3) is 2.74. The molecule has 2 heterocycles. The number of hydrogen-bond acceptors (Lipinski definition) is 2. The number of nitrogens with zero attached hydrogens (tertiary/aromatic N) is 2. The summed E-state index contributed by atoms with van der Waals surface area (Å²) in [5, 5.41) is 11.3. The van der Waals surface area contributed by atoms with Crippen LogP contribution in [0.1, 0.15) is 24.8 Å². The number of hydrogen-bond donors (Lipinski definition) is 1. The van der Waals surface area contributed by atoms with Crippen molar-refractivity contribution in [3.8, 4) is 11.3 Å². The molecule has 1 aliphatic heterocycles. The van der Waals surface area contributed by atoms with Gasteiger partial charge in [-0.15, -0.1) is 0 Å². The molecule has 24 heavy (non-hydrogen) atoms. The summed E-state index contributed by atoms with van der Waals surface area (Å²) in [6.07, 6.45) is 3.93. The molecule has 0 spiro atoms. The maximum atomic E-state index is 10.0.